The largest absolute Gasteiger partial charge is 0.480 e. The van der Waals surface area contributed by atoms with E-state index in [2.05, 4.69) is 108 Å². The van der Waals surface area contributed by atoms with Crippen LogP contribution in [-0.2, 0) is 44.5 Å². The fraction of sp³-hybridized carbons (Fsp3) is 0.638. The van der Waals surface area contributed by atoms with Crippen LogP contribution in [0.25, 0.3) is 0 Å². The fourth-order valence-corrected chi connectivity index (χ4v) is 16.1. The standard InChI is InChI=1S/C42H64N2.C16H18N2O4S/c1-29(2)31-11-15-35-33(25-31)13-17-37-39(5,19-9-21-41(35,37)7)27-43-23-24-44-28-40(6)20-10-22-42(8)36-16-12-32(30(3)4)26-34(36)14-18-38(40)42;1-16(2)12(15(21)22)18-13(20)11(14(18)23-16)17-10(19)8-9-6-4-3-5-7-9/h11-12,15-16,25-26,29-30,37-38,43-44H,9-10,13-14,17-24,27-28H2,1-8H3;3-7,11-12,14H,8H2,1-2H3,(H,17,19)(H,21,22)/t37?,38?,39-,40-,41+,42+;/m0./s1. The summed E-state index contributed by atoms with van der Waals surface area (Å²) in [6.45, 7) is 27.8. The molecule has 0 bridgehead atoms. The number of thioether (sulfide) groups is 1. The van der Waals surface area contributed by atoms with Gasteiger partial charge >= 0.3 is 5.97 Å². The first kappa shape index (κ1) is 49.8. The molecule has 67 heavy (non-hydrogen) atoms. The van der Waals surface area contributed by atoms with Gasteiger partial charge in [-0.2, -0.15) is 0 Å². The molecular weight excluding hydrogens is 849 g/mol. The van der Waals surface area contributed by atoms with Crippen molar-refractivity contribution in [3.8, 4) is 0 Å². The summed E-state index contributed by atoms with van der Waals surface area (Å²) in [5, 5.41) is 19.7. The molecule has 0 aromatic heterocycles. The van der Waals surface area contributed by atoms with E-state index in [1.165, 1.54) is 92.0 Å². The molecule has 3 aromatic carbocycles. The summed E-state index contributed by atoms with van der Waals surface area (Å²) in [5.41, 5.74) is 11.9. The van der Waals surface area contributed by atoms with E-state index in [0.29, 0.717) is 33.5 Å². The molecule has 4 N–H and O–H groups in total. The Morgan fingerprint density at radius 2 is 1.21 bits per heavy atom. The lowest BCUT2D eigenvalue weighted by atomic mass is 9.49. The number of amides is 2. The number of carboxylic acid groups (broad SMARTS) is 1. The molecule has 364 valence electrons. The predicted molar refractivity (Wildman–Crippen MR) is 275 cm³/mol. The molecule has 3 aromatic rings. The average molecular weight is 931 g/mol. The average Bonchev–Trinajstić information content (AvgIpc) is 3.54. The molecule has 5 unspecified atom stereocenters. The lowest BCUT2D eigenvalue weighted by Gasteiger charge is -2.56. The number of carbonyl (C=O) groups excluding carboxylic acids is 2. The van der Waals surface area contributed by atoms with Gasteiger partial charge in [-0.3, -0.25) is 9.59 Å². The summed E-state index contributed by atoms with van der Waals surface area (Å²) in [4.78, 5) is 37.2. The molecule has 2 heterocycles. The maximum Gasteiger partial charge on any atom is 0.327 e. The molecule has 2 saturated carbocycles. The lowest BCUT2D eigenvalue weighted by Crippen LogP contribution is -2.70. The number of nitrogens with one attached hydrogen (secondary N) is 3. The molecule has 8 nitrogen and oxygen atoms in total. The molecule has 6 aliphatic rings. The maximum atomic E-state index is 12.3. The molecule has 4 aliphatic carbocycles. The summed E-state index contributed by atoms with van der Waals surface area (Å²) >= 11 is 1.42. The van der Waals surface area contributed by atoms with Crippen molar-refractivity contribution >= 4 is 29.5 Å². The van der Waals surface area contributed by atoms with Gasteiger partial charge in [0, 0.05) is 30.9 Å². The summed E-state index contributed by atoms with van der Waals surface area (Å²) in [6.07, 6.45) is 13.6. The molecule has 0 radical (unpaired) electrons. The Kier molecular flexibility index (Phi) is 14.3. The third-order valence-corrected chi connectivity index (χ3v) is 19.6. The molecule has 4 fully saturated rings. The number of carbonyl (C=O) groups is 3. The smallest absolute Gasteiger partial charge is 0.327 e. The van der Waals surface area contributed by atoms with Crippen molar-refractivity contribution in [2.75, 3.05) is 26.2 Å². The van der Waals surface area contributed by atoms with Crippen LogP contribution in [-0.4, -0.2) is 76.2 Å². The summed E-state index contributed by atoms with van der Waals surface area (Å²) < 4.78 is -0.578. The Morgan fingerprint density at radius 3 is 1.67 bits per heavy atom. The zero-order valence-corrected chi connectivity index (χ0v) is 43.3. The number of aliphatic carboxylic acids is 1. The van der Waals surface area contributed by atoms with E-state index < -0.39 is 22.8 Å². The van der Waals surface area contributed by atoms with Crippen molar-refractivity contribution in [2.45, 2.75) is 185 Å². The second kappa shape index (κ2) is 19.3. The van der Waals surface area contributed by atoms with Crippen LogP contribution in [0.2, 0.25) is 0 Å². The summed E-state index contributed by atoms with van der Waals surface area (Å²) in [7, 11) is 0. The van der Waals surface area contributed by atoms with Gasteiger partial charge in [0.1, 0.15) is 17.5 Å². The van der Waals surface area contributed by atoms with Crippen LogP contribution >= 0.6 is 11.8 Å². The van der Waals surface area contributed by atoms with Crippen LogP contribution in [0.5, 0.6) is 0 Å². The van der Waals surface area contributed by atoms with Crippen LogP contribution in [0.15, 0.2) is 66.7 Å². The first-order valence-electron chi connectivity index (χ1n) is 25.9. The van der Waals surface area contributed by atoms with Crippen molar-refractivity contribution in [1.82, 2.24) is 20.9 Å². The van der Waals surface area contributed by atoms with Crippen molar-refractivity contribution in [3.05, 3.63) is 106 Å². The van der Waals surface area contributed by atoms with E-state index in [1.54, 1.807) is 22.3 Å². The highest BCUT2D eigenvalue weighted by Gasteiger charge is 2.64. The van der Waals surface area contributed by atoms with E-state index in [9.17, 15) is 19.5 Å². The van der Waals surface area contributed by atoms with Gasteiger partial charge in [-0.1, -0.05) is 135 Å². The molecule has 2 amide bonds. The number of benzene rings is 3. The highest BCUT2D eigenvalue weighted by atomic mass is 32.2. The number of hydrogen-bond acceptors (Lipinski definition) is 6. The first-order chi connectivity index (χ1) is 31.7. The van der Waals surface area contributed by atoms with E-state index >= 15 is 0 Å². The minimum atomic E-state index is -1.01. The topological polar surface area (TPSA) is 111 Å². The maximum absolute atomic E-state index is 12.3. The summed E-state index contributed by atoms with van der Waals surface area (Å²) in [5.74, 6) is 1.21. The van der Waals surface area contributed by atoms with Gasteiger partial charge in [0.2, 0.25) is 11.8 Å². The molecular formula is C58H82N4O4S. The van der Waals surface area contributed by atoms with Crippen LogP contribution in [0.3, 0.4) is 0 Å². The number of β-lactam (4-membered cyclic amide) rings is 1. The number of nitrogens with zero attached hydrogens (tertiary/aromatic N) is 1. The van der Waals surface area contributed by atoms with Gasteiger partial charge in [-0.05, 0) is 149 Å². The molecule has 2 aliphatic heterocycles. The van der Waals surface area contributed by atoms with Gasteiger partial charge in [0.15, 0.2) is 0 Å². The zero-order valence-electron chi connectivity index (χ0n) is 42.5. The monoisotopic (exact) mass is 931 g/mol. The summed E-state index contributed by atoms with van der Waals surface area (Å²) in [6, 6.07) is 22.8. The lowest BCUT2D eigenvalue weighted by molar-refractivity contribution is -0.161. The van der Waals surface area contributed by atoms with Crippen molar-refractivity contribution < 1.29 is 19.5 Å². The highest BCUT2D eigenvalue weighted by molar-refractivity contribution is 8.01. The van der Waals surface area contributed by atoms with Gasteiger partial charge in [0.05, 0.1) is 6.42 Å². The van der Waals surface area contributed by atoms with Gasteiger partial charge in [-0.15, -0.1) is 11.8 Å². The fourth-order valence-electron chi connectivity index (χ4n) is 14.5. The molecule has 9 rings (SSSR count). The van der Waals surface area contributed by atoms with Gasteiger partial charge < -0.3 is 26.0 Å². The Bertz CT molecular complexity index is 2190. The minimum Gasteiger partial charge on any atom is -0.480 e. The Hall–Kier alpha value is -3.66. The molecule has 9 heteroatoms. The SMILES string of the molecule is CC(C)c1ccc2c(c1)CCC1[C@](C)(CNCCNC[C@]3(C)CCC[C@]4(C)c5ccc(C(C)C)cc5CCC34)CCC[C@]21C.CC1(C)SC2C(NC(=O)Cc3ccccc3)C(=O)N2C1C(=O)O. The van der Waals surface area contributed by atoms with Crippen molar-refractivity contribution in [2.24, 2.45) is 22.7 Å². The normalized spacial score (nSPS) is 32.4. The second-order valence-corrected chi connectivity index (χ2v) is 25.6. The second-order valence-electron chi connectivity index (χ2n) is 23.8. The Morgan fingerprint density at radius 1 is 0.716 bits per heavy atom. The van der Waals surface area contributed by atoms with Gasteiger partial charge in [0.25, 0.3) is 0 Å². The first-order valence-corrected chi connectivity index (χ1v) is 26.8. The van der Waals surface area contributed by atoms with E-state index in [0.717, 1.165) is 43.6 Å². The molecule has 0 spiro atoms. The molecule has 9 atom stereocenters. The van der Waals surface area contributed by atoms with Crippen molar-refractivity contribution in [1.29, 1.82) is 0 Å². The minimum absolute atomic E-state index is 0.202. The van der Waals surface area contributed by atoms with E-state index in [1.807, 2.05) is 44.2 Å². The predicted octanol–water partition coefficient (Wildman–Crippen LogP) is 10.7. The van der Waals surface area contributed by atoms with Gasteiger partial charge in [-0.25, -0.2) is 4.79 Å². The quantitative estimate of drug-likeness (QED) is 0.0998. The Balaban J connectivity index is 0.000000222. The molecule has 2 saturated heterocycles. The highest BCUT2D eigenvalue weighted by Crippen LogP contribution is 2.59. The van der Waals surface area contributed by atoms with E-state index in [4.69, 9.17) is 0 Å². The van der Waals surface area contributed by atoms with Crippen LogP contribution < -0.4 is 16.0 Å². The number of rotatable bonds is 13. The zero-order chi connectivity index (χ0) is 48.1. The third-order valence-electron chi connectivity index (χ3n) is 18.1. The number of fused-ring (bicyclic) bond motifs is 7. The van der Waals surface area contributed by atoms with E-state index in [-0.39, 0.29) is 23.6 Å². The van der Waals surface area contributed by atoms with Crippen molar-refractivity contribution in [3.63, 3.8) is 0 Å². The van der Waals surface area contributed by atoms with Crippen LogP contribution in [0.1, 0.15) is 171 Å². The van der Waals surface area contributed by atoms with Crippen LogP contribution in [0.4, 0.5) is 0 Å². The number of carboxylic acids is 1. The number of hydrogen-bond donors (Lipinski definition) is 4. The third kappa shape index (κ3) is 9.53. The van der Waals surface area contributed by atoms with Crippen LogP contribution in [0, 0.1) is 22.7 Å². The Labute approximate surface area is 407 Å². The number of aryl methyl sites for hydroxylation is 2.